The molecule has 0 heterocycles. The van der Waals surface area contributed by atoms with E-state index in [0.717, 1.165) is 6.42 Å². The fraction of sp³-hybridized carbons (Fsp3) is 0.700. The lowest BCUT2D eigenvalue weighted by molar-refractivity contribution is 0.434. The van der Waals surface area contributed by atoms with E-state index in [1.165, 1.54) is 31.3 Å². The molecule has 1 aliphatic rings. The van der Waals surface area contributed by atoms with Gasteiger partial charge in [-0.25, -0.2) is 0 Å². The second-order valence-corrected chi connectivity index (χ2v) is 3.30. The van der Waals surface area contributed by atoms with Crippen LogP contribution in [0.25, 0.3) is 0 Å². The summed E-state index contributed by atoms with van der Waals surface area (Å²) >= 11 is 0. The van der Waals surface area contributed by atoms with Crippen molar-refractivity contribution >= 4 is 0 Å². The SMILES string of the molecule is C=C1CCCCC1CCC#N. The third-order valence-corrected chi connectivity index (χ3v) is 2.48. The lowest BCUT2D eigenvalue weighted by Gasteiger charge is -2.23. The van der Waals surface area contributed by atoms with E-state index in [-0.39, 0.29) is 0 Å². The highest BCUT2D eigenvalue weighted by Gasteiger charge is 2.15. The van der Waals surface area contributed by atoms with Crippen LogP contribution in [0.5, 0.6) is 0 Å². The molecule has 0 saturated heterocycles. The molecule has 0 amide bonds. The molecule has 0 N–H and O–H groups in total. The molecule has 0 aromatic carbocycles. The zero-order valence-corrected chi connectivity index (χ0v) is 6.97. The molecule has 1 unspecified atom stereocenters. The van der Waals surface area contributed by atoms with Crippen molar-refractivity contribution < 1.29 is 0 Å². The number of nitrogens with zero attached hydrogens (tertiary/aromatic N) is 1. The summed E-state index contributed by atoms with van der Waals surface area (Å²) in [7, 11) is 0. The van der Waals surface area contributed by atoms with Crippen molar-refractivity contribution in [1.29, 1.82) is 5.26 Å². The Hall–Kier alpha value is -0.770. The molecule has 1 saturated carbocycles. The van der Waals surface area contributed by atoms with E-state index in [4.69, 9.17) is 5.26 Å². The van der Waals surface area contributed by atoms with Crippen LogP contribution >= 0.6 is 0 Å². The summed E-state index contributed by atoms with van der Waals surface area (Å²) in [5.74, 6) is 0.656. The van der Waals surface area contributed by atoms with E-state index in [2.05, 4.69) is 12.6 Å². The minimum atomic E-state index is 0.656. The van der Waals surface area contributed by atoms with Crippen LogP contribution in [0.2, 0.25) is 0 Å². The van der Waals surface area contributed by atoms with Crippen LogP contribution in [0.3, 0.4) is 0 Å². The highest BCUT2D eigenvalue weighted by molar-refractivity contribution is 5.03. The Morgan fingerprint density at radius 1 is 1.55 bits per heavy atom. The lowest BCUT2D eigenvalue weighted by Crippen LogP contribution is -2.08. The molecule has 0 radical (unpaired) electrons. The first-order valence-corrected chi connectivity index (χ1v) is 4.39. The molecule has 1 fully saturated rings. The lowest BCUT2D eigenvalue weighted by atomic mass is 9.83. The van der Waals surface area contributed by atoms with Gasteiger partial charge in [0, 0.05) is 6.42 Å². The van der Waals surface area contributed by atoms with Gasteiger partial charge in [0.25, 0.3) is 0 Å². The Bertz CT molecular complexity index is 176. The van der Waals surface area contributed by atoms with Crippen LogP contribution < -0.4 is 0 Å². The van der Waals surface area contributed by atoms with E-state index in [1.54, 1.807) is 0 Å². The minimum Gasteiger partial charge on any atom is -0.198 e. The van der Waals surface area contributed by atoms with Gasteiger partial charge in [-0.1, -0.05) is 18.6 Å². The van der Waals surface area contributed by atoms with Gasteiger partial charge in [0.1, 0.15) is 0 Å². The molecule has 60 valence electrons. The summed E-state index contributed by atoms with van der Waals surface area (Å²) in [6.07, 6.45) is 6.83. The largest absolute Gasteiger partial charge is 0.198 e. The number of hydrogen-bond donors (Lipinski definition) is 0. The van der Waals surface area contributed by atoms with Crippen LogP contribution in [0.1, 0.15) is 38.5 Å². The maximum Gasteiger partial charge on any atom is 0.0621 e. The van der Waals surface area contributed by atoms with Crippen LogP contribution in [0.4, 0.5) is 0 Å². The quantitative estimate of drug-likeness (QED) is 0.553. The first kappa shape index (κ1) is 8.33. The fourth-order valence-electron chi connectivity index (χ4n) is 1.74. The predicted octanol–water partition coefficient (Wildman–Crippen LogP) is 3.04. The van der Waals surface area contributed by atoms with Crippen LogP contribution in [0, 0.1) is 17.2 Å². The predicted molar refractivity (Wildman–Crippen MR) is 45.9 cm³/mol. The maximum absolute atomic E-state index is 8.40. The molecular weight excluding hydrogens is 134 g/mol. The number of hydrogen-bond acceptors (Lipinski definition) is 1. The molecule has 0 spiro atoms. The van der Waals surface area contributed by atoms with E-state index < -0.39 is 0 Å². The topological polar surface area (TPSA) is 23.8 Å². The summed E-state index contributed by atoms with van der Waals surface area (Å²) in [5, 5.41) is 8.40. The van der Waals surface area contributed by atoms with E-state index >= 15 is 0 Å². The smallest absolute Gasteiger partial charge is 0.0621 e. The second-order valence-electron chi connectivity index (χ2n) is 3.30. The third kappa shape index (κ3) is 2.38. The number of nitriles is 1. The van der Waals surface area contributed by atoms with Crippen LogP contribution in [-0.4, -0.2) is 0 Å². The van der Waals surface area contributed by atoms with Crippen LogP contribution in [0.15, 0.2) is 12.2 Å². The molecule has 1 rings (SSSR count). The summed E-state index contributed by atoms with van der Waals surface area (Å²) in [4.78, 5) is 0. The van der Waals surface area contributed by atoms with E-state index in [9.17, 15) is 0 Å². The minimum absolute atomic E-state index is 0.656. The van der Waals surface area contributed by atoms with Crippen LogP contribution in [-0.2, 0) is 0 Å². The molecular formula is C10H15N. The molecule has 1 aliphatic carbocycles. The van der Waals surface area contributed by atoms with E-state index in [0.29, 0.717) is 12.3 Å². The zero-order chi connectivity index (χ0) is 8.10. The van der Waals surface area contributed by atoms with Crippen molar-refractivity contribution in [3.63, 3.8) is 0 Å². The molecule has 0 aromatic heterocycles. The van der Waals surface area contributed by atoms with Gasteiger partial charge >= 0.3 is 0 Å². The summed E-state index contributed by atoms with van der Waals surface area (Å²) in [6.45, 7) is 4.04. The summed E-state index contributed by atoms with van der Waals surface area (Å²) < 4.78 is 0. The molecule has 1 nitrogen and oxygen atoms in total. The Labute approximate surface area is 68.7 Å². The molecule has 0 aromatic rings. The molecule has 0 bridgehead atoms. The van der Waals surface area contributed by atoms with Gasteiger partial charge in [-0.3, -0.25) is 0 Å². The highest BCUT2D eigenvalue weighted by Crippen LogP contribution is 2.30. The molecule has 11 heavy (non-hydrogen) atoms. The first-order valence-electron chi connectivity index (χ1n) is 4.39. The average Bonchev–Trinajstić information content (AvgIpc) is 2.03. The number of rotatable bonds is 2. The fourth-order valence-corrected chi connectivity index (χ4v) is 1.74. The third-order valence-electron chi connectivity index (χ3n) is 2.48. The van der Waals surface area contributed by atoms with Crippen molar-refractivity contribution in [1.82, 2.24) is 0 Å². The average molecular weight is 149 g/mol. The van der Waals surface area contributed by atoms with Gasteiger partial charge in [0.2, 0.25) is 0 Å². The normalized spacial score (nSPS) is 24.6. The van der Waals surface area contributed by atoms with E-state index in [1.807, 2.05) is 0 Å². The second kappa shape index (κ2) is 4.18. The Kier molecular flexibility index (Phi) is 3.16. The van der Waals surface area contributed by atoms with Gasteiger partial charge in [-0.05, 0) is 31.6 Å². The molecule has 1 heteroatoms. The molecule has 1 atom stereocenters. The number of allylic oxidation sites excluding steroid dienone is 1. The summed E-state index contributed by atoms with van der Waals surface area (Å²) in [6, 6.07) is 2.19. The monoisotopic (exact) mass is 149 g/mol. The Morgan fingerprint density at radius 2 is 2.36 bits per heavy atom. The van der Waals surface area contributed by atoms with Crippen molar-refractivity contribution in [2.45, 2.75) is 38.5 Å². The maximum atomic E-state index is 8.40. The van der Waals surface area contributed by atoms with Gasteiger partial charge in [-0.2, -0.15) is 5.26 Å². The zero-order valence-electron chi connectivity index (χ0n) is 6.97. The highest BCUT2D eigenvalue weighted by atomic mass is 14.3. The summed E-state index contributed by atoms with van der Waals surface area (Å²) in [5.41, 5.74) is 1.38. The molecule has 0 aliphatic heterocycles. The Balaban J connectivity index is 2.31. The van der Waals surface area contributed by atoms with Crippen molar-refractivity contribution in [2.75, 3.05) is 0 Å². The first-order chi connectivity index (χ1) is 5.34. The van der Waals surface area contributed by atoms with Crippen molar-refractivity contribution in [2.24, 2.45) is 5.92 Å². The van der Waals surface area contributed by atoms with Crippen molar-refractivity contribution in [3.05, 3.63) is 12.2 Å². The van der Waals surface area contributed by atoms with Gasteiger partial charge in [-0.15, -0.1) is 0 Å². The van der Waals surface area contributed by atoms with Gasteiger partial charge in [0.05, 0.1) is 6.07 Å². The van der Waals surface area contributed by atoms with Crippen molar-refractivity contribution in [3.8, 4) is 6.07 Å². The van der Waals surface area contributed by atoms with Gasteiger partial charge < -0.3 is 0 Å². The van der Waals surface area contributed by atoms with Gasteiger partial charge in [0.15, 0.2) is 0 Å². The standard InChI is InChI=1S/C10H15N/c1-9-5-2-3-6-10(9)7-4-8-11/h10H,1-7H2. The Morgan fingerprint density at radius 3 is 3.00 bits per heavy atom.